The zero-order chi connectivity index (χ0) is 28.0. The normalized spacial score (nSPS) is 45.9. The predicted octanol–water partition coefficient (Wildman–Crippen LogP) is 3.91. The van der Waals surface area contributed by atoms with Crippen molar-refractivity contribution in [3.05, 3.63) is 0 Å². The van der Waals surface area contributed by atoms with Crippen LogP contribution in [0.2, 0.25) is 0 Å². The molecule has 7 rings (SSSR count). The lowest BCUT2D eigenvalue weighted by molar-refractivity contribution is -0.243. The van der Waals surface area contributed by atoms with E-state index in [4.69, 9.17) is 37.9 Å². The summed E-state index contributed by atoms with van der Waals surface area (Å²) in [7, 11) is 1.56. The standard InChI is InChI=1S/C30H44O10/c1-26(2)27(3)15-16-30(26,40-24(27)31)25(32)35-19-18(34-17-33-4)20-22(38-28(36-20)11-7-5-8-12-28)23-21(19)37-29(39-23)13-9-6-10-14-29/h18-23H,5-17H2,1-4H3/t18-,19-,20+,21-,22-,23-,27+,30-/m1/s1. The highest BCUT2D eigenvalue weighted by molar-refractivity contribution is 5.93. The number of esters is 2. The zero-order valence-corrected chi connectivity index (χ0v) is 24.2. The summed E-state index contributed by atoms with van der Waals surface area (Å²) in [6, 6.07) is 0. The van der Waals surface area contributed by atoms with E-state index in [0.29, 0.717) is 12.8 Å². The van der Waals surface area contributed by atoms with E-state index in [-0.39, 0.29) is 12.8 Å². The van der Waals surface area contributed by atoms with Gasteiger partial charge in [-0.15, -0.1) is 0 Å². The molecule has 2 bridgehead atoms. The van der Waals surface area contributed by atoms with Crippen molar-refractivity contribution in [2.24, 2.45) is 10.8 Å². The molecule has 3 heterocycles. The summed E-state index contributed by atoms with van der Waals surface area (Å²) in [5, 5.41) is 0. The Morgan fingerprint density at radius 3 is 1.75 bits per heavy atom. The summed E-state index contributed by atoms with van der Waals surface area (Å²) in [5.41, 5.74) is -2.84. The first-order valence-corrected chi connectivity index (χ1v) is 15.4. The molecule has 0 aromatic heterocycles. The summed E-state index contributed by atoms with van der Waals surface area (Å²) in [6.45, 7) is 5.73. The molecule has 3 saturated heterocycles. The quantitative estimate of drug-likeness (QED) is 0.360. The van der Waals surface area contributed by atoms with Crippen molar-refractivity contribution in [2.45, 2.75) is 152 Å². The van der Waals surface area contributed by atoms with Crippen LogP contribution in [0.5, 0.6) is 0 Å². The molecule has 3 aliphatic heterocycles. The van der Waals surface area contributed by atoms with Crippen LogP contribution in [0, 0.1) is 10.8 Å². The van der Waals surface area contributed by atoms with Gasteiger partial charge in [0, 0.05) is 38.2 Å². The molecule has 4 saturated carbocycles. The second-order valence-corrected chi connectivity index (χ2v) is 13.9. The number of hydrogen-bond donors (Lipinski definition) is 0. The van der Waals surface area contributed by atoms with Gasteiger partial charge >= 0.3 is 11.9 Å². The van der Waals surface area contributed by atoms with Crippen molar-refractivity contribution in [2.75, 3.05) is 13.9 Å². The Labute approximate surface area is 236 Å². The fraction of sp³-hybridized carbons (Fsp3) is 0.933. The fourth-order valence-electron chi connectivity index (χ4n) is 8.75. The van der Waals surface area contributed by atoms with Crippen molar-refractivity contribution in [1.29, 1.82) is 0 Å². The minimum absolute atomic E-state index is 0.00855. The lowest BCUT2D eigenvalue weighted by Gasteiger charge is -2.43. The second-order valence-electron chi connectivity index (χ2n) is 13.9. The lowest BCUT2D eigenvalue weighted by atomic mass is 9.66. The molecule has 0 aromatic carbocycles. The molecule has 224 valence electrons. The SMILES string of the molecule is COCO[C@@H]1[C@@H](OC(=O)[C@@]23CC[C@@](C)(C(=O)O2)C3(C)C)[C@H]2OC3(CCCCC3)O[C@H]2[C@@H]2OC3(CCCCC3)O[C@@H]12. The molecule has 10 heteroatoms. The lowest BCUT2D eigenvalue weighted by Crippen LogP contribution is -2.64. The predicted molar refractivity (Wildman–Crippen MR) is 138 cm³/mol. The third-order valence-electron chi connectivity index (χ3n) is 11.6. The van der Waals surface area contributed by atoms with Crippen LogP contribution in [0.3, 0.4) is 0 Å². The molecule has 4 aliphatic carbocycles. The Morgan fingerprint density at radius 1 is 0.750 bits per heavy atom. The van der Waals surface area contributed by atoms with E-state index in [1.54, 1.807) is 7.11 Å². The Kier molecular flexibility index (Phi) is 6.43. The van der Waals surface area contributed by atoms with Gasteiger partial charge in [0.1, 0.15) is 37.3 Å². The third kappa shape index (κ3) is 3.68. The minimum Gasteiger partial charge on any atom is -0.454 e. The first kappa shape index (κ1) is 27.5. The van der Waals surface area contributed by atoms with Gasteiger partial charge in [-0.2, -0.15) is 0 Å². The Morgan fingerprint density at radius 2 is 1.27 bits per heavy atom. The topological polar surface area (TPSA) is 108 Å². The molecule has 7 fully saturated rings. The molecular formula is C30H44O10. The molecule has 0 aromatic rings. The largest absolute Gasteiger partial charge is 0.454 e. The van der Waals surface area contributed by atoms with E-state index in [9.17, 15) is 9.59 Å². The number of ether oxygens (including phenoxy) is 8. The number of hydrogen-bond acceptors (Lipinski definition) is 10. The van der Waals surface area contributed by atoms with Crippen molar-refractivity contribution < 1.29 is 47.5 Å². The first-order chi connectivity index (χ1) is 19.1. The van der Waals surface area contributed by atoms with Gasteiger partial charge in [0.05, 0.1) is 5.41 Å². The van der Waals surface area contributed by atoms with E-state index in [2.05, 4.69) is 0 Å². The number of fused-ring (bicyclic) bond motifs is 5. The fourth-order valence-corrected chi connectivity index (χ4v) is 8.75. The van der Waals surface area contributed by atoms with E-state index < -0.39 is 70.6 Å². The molecule has 0 unspecified atom stereocenters. The second kappa shape index (κ2) is 9.35. The molecule has 40 heavy (non-hydrogen) atoms. The van der Waals surface area contributed by atoms with Gasteiger partial charge in [-0.3, -0.25) is 4.79 Å². The Bertz CT molecular complexity index is 1020. The monoisotopic (exact) mass is 564 g/mol. The highest BCUT2D eigenvalue weighted by atomic mass is 16.8. The summed E-state index contributed by atoms with van der Waals surface area (Å²) in [4.78, 5) is 27.1. The van der Waals surface area contributed by atoms with Crippen LogP contribution in [-0.4, -0.2) is 79.6 Å². The smallest absolute Gasteiger partial charge is 0.351 e. The van der Waals surface area contributed by atoms with Crippen molar-refractivity contribution in [1.82, 2.24) is 0 Å². The molecule has 0 N–H and O–H groups in total. The summed E-state index contributed by atoms with van der Waals surface area (Å²) >= 11 is 0. The Balaban J connectivity index is 1.24. The van der Waals surface area contributed by atoms with Crippen LogP contribution in [0.15, 0.2) is 0 Å². The average molecular weight is 565 g/mol. The van der Waals surface area contributed by atoms with Gasteiger partial charge in [-0.1, -0.05) is 26.7 Å². The molecule has 8 atom stereocenters. The minimum atomic E-state index is -1.36. The summed E-state index contributed by atoms with van der Waals surface area (Å²) in [5.74, 6) is -2.34. The van der Waals surface area contributed by atoms with E-state index in [1.165, 1.54) is 0 Å². The molecule has 2 spiro atoms. The molecule has 0 radical (unpaired) electrons. The molecular weight excluding hydrogens is 520 g/mol. The van der Waals surface area contributed by atoms with Crippen LogP contribution >= 0.6 is 0 Å². The third-order valence-corrected chi connectivity index (χ3v) is 11.6. The number of rotatable bonds is 5. The highest BCUT2D eigenvalue weighted by Crippen LogP contribution is 2.66. The zero-order valence-electron chi connectivity index (χ0n) is 24.2. The molecule has 10 nitrogen and oxygen atoms in total. The molecule has 7 aliphatic rings. The van der Waals surface area contributed by atoms with Gasteiger partial charge in [0.25, 0.3) is 0 Å². The highest BCUT2D eigenvalue weighted by Gasteiger charge is 2.77. The van der Waals surface area contributed by atoms with E-state index >= 15 is 0 Å². The van der Waals surface area contributed by atoms with Crippen LogP contribution in [0.4, 0.5) is 0 Å². The number of methoxy groups -OCH3 is 1. The summed E-state index contributed by atoms with van der Waals surface area (Å²) < 4.78 is 50.9. The average Bonchev–Trinajstić information content (AvgIpc) is 3.58. The van der Waals surface area contributed by atoms with Crippen LogP contribution in [-0.2, 0) is 47.5 Å². The van der Waals surface area contributed by atoms with Crippen molar-refractivity contribution in [3.63, 3.8) is 0 Å². The van der Waals surface area contributed by atoms with Crippen LogP contribution in [0.25, 0.3) is 0 Å². The number of carbonyl (C=O) groups is 2. The number of carbonyl (C=O) groups excluding carboxylic acids is 2. The van der Waals surface area contributed by atoms with Crippen molar-refractivity contribution >= 4 is 11.9 Å². The van der Waals surface area contributed by atoms with Gasteiger partial charge in [-0.05, 0) is 45.4 Å². The summed E-state index contributed by atoms with van der Waals surface area (Å²) in [6.07, 6.45) is 6.91. The first-order valence-electron chi connectivity index (χ1n) is 15.4. The Hall–Kier alpha value is -1.30. The van der Waals surface area contributed by atoms with Gasteiger partial charge in [0.15, 0.2) is 17.7 Å². The van der Waals surface area contributed by atoms with E-state index in [1.807, 2.05) is 20.8 Å². The van der Waals surface area contributed by atoms with Gasteiger partial charge < -0.3 is 37.9 Å². The molecule has 0 amide bonds. The van der Waals surface area contributed by atoms with Crippen LogP contribution in [0.1, 0.15) is 97.8 Å². The maximum atomic E-state index is 14.2. The van der Waals surface area contributed by atoms with Crippen LogP contribution < -0.4 is 0 Å². The maximum Gasteiger partial charge on any atom is 0.351 e. The van der Waals surface area contributed by atoms with Gasteiger partial charge in [-0.25, -0.2) is 4.79 Å². The van der Waals surface area contributed by atoms with Crippen molar-refractivity contribution in [3.8, 4) is 0 Å². The maximum absolute atomic E-state index is 14.2. The van der Waals surface area contributed by atoms with E-state index in [0.717, 1.165) is 64.2 Å². The van der Waals surface area contributed by atoms with Gasteiger partial charge in [0.2, 0.25) is 5.60 Å².